The molecule has 1 amide bonds. The van der Waals surface area contributed by atoms with Gasteiger partial charge in [0.2, 0.25) is 11.5 Å². The van der Waals surface area contributed by atoms with Crippen LogP contribution in [0.4, 0.5) is 5.13 Å². The summed E-state index contributed by atoms with van der Waals surface area (Å²) in [5.41, 5.74) is 6.06. The number of carboxylic acid groups (broad SMARTS) is 1. The third-order valence-electron chi connectivity index (χ3n) is 7.32. The molecule has 1 saturated carbocycles. The van der Waals surface area contributed by atoms with Crippen LogP contribution in [0.2, 0.25) is 0 Å². The van der Waals surface area contributed by atoms with Gasteiger partial charge >= 0.3 is 5.97 Å². The number of likely N-dealkylation sites (N-methyl/N-ethyl adjacent to an activating group) is 1. The van der Waals surface area contributed by atoms with E-state index in [1.807, 2.05) is 6.08 Å². The Balaban J connectivity index is 1.48. The third-order valence-corrected chi connectivity index (χ3v) is 9.27. The van der Waals surface area contributed by atoms with Crippen molar-refractivity contribution in [1.82, 2.24) is 14.7 Å². The van der Waals surface area contributed by atoms with Crippen LogP contribution in [0.15, 0.2) is 28.5 Å². The summed E-state index contributed by atoms with van der Waals surface area (Å²) >= 11 is 2.33. The van der Waals surface area contributed by atoms with E-state index < -0.39 is 29.1 Å². The fourth-order valence-corrected chi connectivity index (χ4v) is 7.16. The Morgan fingerprint density at radius 1 is 1.38 bits per heavy atom. The molecule has 0 bridgehead atoms. The number of ketones is 1. The predicted molar refractivity (Wildman–Crippen MR) is 139 cm³/mol. The first kappa shape index (κ1) is 27.2. The van der Waals surface area contributed by atoms with Crippen molar-refractivity contribution in [3.05, 3.63) is 29.1 Å². The highest BCUT2D eigenvalue weighted by Gasteiger charge is 2.56. The number of oxime groups is 1. The second kappa shape index (κ2) is 11.3. The molecule has 0 radical (unpaired) electrons. The van der Waals surface area contributed by atoms with Crippen LogP contribution < -0.4 is 11.1 Å². The summed E-state index contributed by atoms with van der Waals surface area (Å²) in [6.07, 6.45) is 6.92. The number of aliphatic hydroxyl groups excluding tert-OH is 1. The zero-order valence-corrected chi connectivity index (χ0v) is 22.3. The van der Waals surface area contributed by atoms with E-state index in [4.69, 9.17) is 10.6 Å². The molecular weight excluding hydrogens is 520 g/mol. The van der Waals surface area contributed by atoms with E-state index in [1.165, 1.54) is 18.9 Å². The van der Waals surface area contributed by atoms with Crippen LogP contribution in [0.1, 0.15) is 25.1 Å². The molecule has 200 valence electrons. The maximum absolute atomic E-state index is 13.1. The summed E-state index contributed by atoms with van der Waals surface area (Å²) < 4.78 is 4.67. The predicted octanol–water partition coefficient (Wildman–Crippen LogP) is 0.199. The number of aliphatic carboxylic acids is 1. The molecule has 1 aliphatic carbocycles. The first-order valence-corrected chi connectivity index (χ1v) is 13.8. The van der Waals surface area contributed by atoms with Gasteiger partial charge in [0, 0.05) is 29.0 Å². The van der Waals surface area contributed by atoms with E-state index in [2.05, 4.69) is 26.9 Å². The smallest absolute Gasteiger partial charge is 0.332 e. The van der Waals surface area contributed by atoms with Crippen LogP contribution >= 0.6 is 23.3 Å². The quantitative estimate of drug-likeness (QED) is 0.188. The molecule has 4 rings (SSSR count). The van der Waals surface area contributed by atoms with E-state index >= 15 is 0 Å². The highest BCUT2D eigenvalue weighted by atomic mass is 32.2. The summed E-state index contributed by atoms with van der Waals surface area (Å²) in [7, 11) is 3.38. The van der Waals surface area contributed by atoms with Crippen molar-refractivity contribution in [2.24, 2.45) is 11.1 Å². The molecule has 5 atom stereocenters. The number of carboxylic acids is 1. The summed E-state index contributed by atoms with van der Waals surface area (Å²) in [5, 5.41) is 25.8. The normalized spacial score (nSPS) is 30.1. The summed E-state index contributed by atoms with van der Waals surface area (Å²) in [5.74, 6) is -2.65. The van der Waals surface area contributed by atoms with Crippen LogP contribution in [0.5, 0.6) is 0 Å². The number of anilines is 1. The number of nitrogen functional groups attached to an aromatic ring is 1. The number of piperidine rings is 1. The number of carbonyl (C=O) groups excluding carboxylic acids is 2. The number of aromatic nitrogens is 2. The average Bonchev–Trinajstić information content (AvgIpc) is 3.30. The van der Waals surface area contributed by atoms with Gasteiger partial charge in [0.1, 0.15) is 19.2 Å². The largest absolute Gasteiger partial charge is 0.478 e. The number of hydrogen-bond donors (Lipinski definition) is 4. The maximum Gasteiger partial charge on any atom is 0.332 e. The highest BCUT2D eigenvalue weighted by Crippen LogP contribution is 2.46. The topological polar surface area (TPSA) is 177 Å². The minimum atomic E-state index is -1.14. The molecule has 0 aromatic carbocycles. The first-order valence-electron chi connectivity index (χ1n) is 11.9. The second-order valence-corrected chi connectivity index (χ2v) is 11.5. The van der Waals surface area contributed by atoms with Crippen molar-refractivity contribution in [2.75, 3.05) is 45.3 Å². The highest BCUT2D eigenvalue weighted by molar-refractivity contribution is 8.00. The lowest BCUT2D eigenvalue weighted by Gasteiger charge is -2.46. The van der Waals surface area contributed by atoms with E-state index in [-0.39, 0.29) is 40.7 Å². The molecule has 1 aromatic rings. The Labute approximate surface area is 222 Å². The number of hydrogen-bond acceptors (Lipinski definition) is 11. The van der Waals surface area contributed by atoms with Gasteiger partial charge in [-0.25, -0.2) is 4.79 Å². The summed E-state index contributed by atoms with van der Waals surface area (Å²) in [4.78, 5) is 46.8. The molecule has 5 N–H and O–H groups in total. The number of nitrogens with one attached hydrogen (secondary N) is 1. The fraction of sp³-hybridized carbons (Fsp3) is 0.565. The van der Waals surface area contributed by atoms with Crippen molar-refractivity contribution in [1.29, 1.82) is 0 Å². The lowest BCUT2D eigenvalue weighted by Crippen LogP contribution is -2.65. The zero-order valence-electron chi connectivity index (χ0n) is 20.6. The lowest BCUT2D eigenvalue weighted by molar-refractivity contribution is -0.933. The van der Waals surface area contributed by atoms with Crippen LogP contribution in [-0.4, -0.2) is 104 Å². The Morgan fingerprint density at radius 3 is 2.81 bits per heavy atom. The summed E-state index contributed by atoms with van der Waals surface area (Å²) in [6, 6.07) is -0.708. The molecule has 0 spiro atoms. The van der Waals surface area contributed by atoms with E-state index in [0.29, 0.717) is 22.4 Å². The third kappa shape index (κ3) is 5.42. The fourth-order valence-electron chi connectivity index (χ4n) is 5.24. The van der Waals surface area contributed by atoms with Gasteiger partial charge in [-0.3, -0.25) is 9.59 Å². The van der Waals surface area contributed by atoms with Crippen LogP contribution in [0.25, 0.3) is 0 Å². The average molecular weight is 552 g/mol. The van der Waals surface area contributed by atoms with Crippen molar-refractivity contribution in [3.63, 3.8) is 0 Å². The van der Waals surface area contributed by atoms with Crippen LogP contribution in [-0.2, 0) is 19.2 Å². The zero-order chi connectivity index (χ0) is 26.7. The van der Waals surface area contributed by atoms with Crippen molar-refractivity contribution >= 4 is 51.8 Å². The number of amides is 1. The minimum absolute atomic E-state index is 0.0199. The van der Waals surface area contributed by atoms with Gasteiger partial charge in [0.15, 0.2) is 10.9 Å². The number of nitrogens with zero attached hydrogens (tertiary/aromatic N) is 4. The Hall–Kier alpha value is -2.81. The molecule has 3 heterocycles. The van der Waals surface area contributed by atoms with Gasteiger partial charge in [-0.1, -0.05) is 11.2 Å². The molecule has 37 heavy (non-hydrogen) atoms. The molecule has 14 heteroatoms. The van der Waals surface area contributed by atoms with Gasteiger partial charge in [0.05, 0.1) is 38.2 Å². The number of aliphatic hydroxyl groups is 1. The van der Waals surface area contributed by atoms with Crippen LogP contribution in [0.3, 0.4) is 0 Å². The van der Waals surface area contributed by atoms with Crippen molar-refractivity contribution < 1.29 is 33.9 Å². The molecule has 12 nitrogen and oxygen atoms in total. The molecule has 1 saturated heterocycles. The first-order chi connectivity index (χ1) is 17.7. The second-order valence-electron chi connectivity index (χ2n) is 9.55. The Bertz CT molecular complexity index is 1170. The lowest BCUT2D eigenvalue weighted by atomic mass is 9.71. The number of quaternary nitrogens is 1. The summed E-state index contributed by atoms with van der Waals surface area (Å²) in [6.45, 7) is 1.75. The van der Waals surface area contributed by atoms with Gasteiger partial charge in [-0.15, -0.1) is 0 Å². The van der Waals surface area contributed by atoms with Gasteiger partial charge < -0.3 is 30.6 Å². The van der Waals surface area contributed by atoms with Gasteiger partial charge in [-0.05, 0) is 24.5 Å². The Morgan fingerprint density at radius 2 is 2.16 bits per heavy atom. The molecule has 3 aliphatic rings. The SMILES string of the molecule is CO/N=C(\C(=O)N[C@@H]1C(=O)C2C(C(=O)O)=C(/C=C/C[N+]3(C)CCCCC3CO)CS[C@@H]21)c1nsc(N)n1. The van der Waals surface area contributed by atoms with E-state index in [9.17, 15) is 24.6 Å². The monoisotopic (exact) mass is 551 g/mol. The van der Waals surface area contributed by atoms with Crippen molar-refractivity contribution in [2.45, 2.75) is 36.6 Å². The minimum Gasteiger partial charge on any atom is -0.478 e. The maximum atomic E-state index is 13.1. The number of thioether (sulfide) groups is 1. The standard InChI is InChI=1S/C23H30N6O6S2/c1-29(8-4-3-7-13(29)10-30)9-5-6-12-11-36-19-15(14(12)22(33)34)18(31)16(19)25-21(32)17(27-35-2)20-26-23(24)37-28-20/h5-6,13,15-16,19,30H,3-4,7-11H2,1-2H3,(H3-,24,25,26,28,32,33,34)/p+1/b6-5+,27-17-/t13?,15?,16-,19+,29?/m1/s1. The molecule has 2 aliphatic heterocycles. The number of carbonyl (C=O) groups is 3. The number of Topliss-reactive ketones (excluding diaryl/α,β-unsaturated/α-hetero) is 1. The number of nitrogens with two attached hydrogens (primary N) is 1. The molecule has 3 unspecified atom stereocenters. The van der Waals surface area contributed by atoms with Crippen LogP contribution in [0, 0.1) is 5.92 Å². The number of likely N-dealkylation sites (tertiary alicyclic amines) is 1. The van der Waals surface area contributed by atoms with Crippen molar-refractivity contribution in [3.8, 4) is 0 Å². The van der Waals surface area contributed by atoms with E-state index in [0.717, 1.165) is 37.3 Å². The van der Waals surface area contributed by atoms with E-state index in [1.54, 1.807) is 6.08 Å². The molecular formula is C23H31N6O6S2+. The number of rotatable bonds is 9. The van der Waals surface area contributed by atoms with Gasteiger partial charge in [0.25, 0.3) is 5.91 Å². The molecule has 1 aromatic heterocycles. The molecule has 2 fully saturated rings. The number of fused-ring (bicyclic) bond motifs is 1. The Kier molecular flexibility index (Phi) is 8.31. The number of allylic oxidation sites excluding steroid dienone is 1. The van der Waals surface area contributed by atoms with Gasteiger partial charge in [-0.2, -0.15) is 21.1 Å².